The number of carbonyl (C=O) groups is 1. The summed E-state index contributed by atoms with van der Waals surface area (Å²) in [4.78, 5) is 12.7. The lowest BCUT2D eigenvalue weighted by Crippen LogP contribution is -2.43. The van der Waals surface area contributed by atoms with E-state index in [1.165, 1.54) is 0 Å². The average molecular weight is 187 g/mol. The van der Waals surface area contributed by atoms with Gasteiger partial charge in [-0.15, -0.1) is 0 Å². The predicted octanol–water partition coefficient (Wildman–Crippen LogP) is 0.773. The summed E-state index contributed by atoms with van der Waals surface area (Å²) in [5.41, 5.74) is 4.96. The molecule has 0 radical (unpaired) electrons. The molecule has 3 N–H and O–H groups in total. The number of urea groups is 1. The highest BCUT2D eigenvalue weighted by molar-refractivity contribution is 5.71. The molecular formula is C9H21N3O. The lowest BCUT2D eigenvalue weighted by molar-refractivity contribution is 0.176. The summed E-state index contributed by atoms with van der Waals surface area (Å²) in [5, 5.41) is 2.58. The first-order valence-electron chi connectivity index (χ1n) is 4.74. The van der Waals surface area contributed by atoms with Gasteiger partial charge in [0.2, 0.25) is 0 Å². The van der Waals surface area contributed by atoms with Gasteiger partial charge in [0, 0.05) is 25.2 Å². The molecule has 0 unspecified atom stereocenters. The van der Waals surface area contributed by atoms with E-state index in [9.17, 15) is 4.79 Å². The fourth-order valence-corrected chi connectivity index (χ4v) is 1.42. The number of hydrogen-bond donors (Lipinski definition) is 2. The Labute approximate surface area is 80.5 Å². The van der Waals surface area contributed by atoms with Crippen molar-refractivity contribution in [1.82, 2.24) is 10.2 Å². The number of primary amides is 1. The van der Waals surface area contributed by atoms with E-state index >= 15 is 0 Å². The molecule has 13 heavy (non-hydrogen) atoms. The van der Waals surface area contributed by atoms with E-state index in [4.69, 9.17) is 5.73 Å². The van der Waals surface area contributed by atoms with Crippen molar-refractivity contribution in [1.29, 1.82) is 0 Å². The van der Waals surface area contributed by atoms with Crippen molar-refractivity contribution in [2.75, 3.05) is 13.1 Å². The second-order valence-corrected chi connectivity index (χ2v) is 3.72. The van der Waals surface area contributed by atoms with Crippen molar-refractivity contribution in [3.63, 3.8) is 0 Å². The van der Waals surface area contributed by atoms with Crippen LogP contribution in [0, 0.1) is 0 Å². The zero-order valence-electron chi connectivity index (χ0n) is 9.00. The lowest BCUT2D eigenvalue weighted by atomic mass is 10.2. The Kier molecular flexibility index (Phi) is 5.46. The highest BCUT2D eigenvalue weighted by Crippen LogP contribution is 2.02. The molecule has 0 aliphatic rings. The van der Waals surface area contributed by atoms with E-state index in [2.05, 4.69) is 37.9 Å². The number of nitrogens with two attached hydrogens (primary N) is 1. The lowest BCUT2D eigenvalue weighted by Gasteiger charge is -2.30. The van der Waals surface area contributed by atoms with Crippen LogP contribution in [-0.2, 0) is 0 Å². The first kappa shape index (κ1) is 12.2. The molecule has 4 heteroatoms. The van der Waals surface area contributed by atoms with Crippen LogP contribution in [0.1, 0.15) is 27.7 Å². The smallest absolute Gasteiger partial charge is 0.312 e. The van der Waals surface area contributed by atoms with Crippen LogP contribution in [0.4, 0.5) is 4.79 Å². The summed E-state index contributed by atoms with van der Waals surface area (Å²) in [7, 11) is 0. The molecule has 0 aromatic rings. The minimum absolute atomic E-state index is 0.451. The molecule has 0 saturated heterocycles. The van der Waals surface area contributed by atoms with Gasteiger partial charge >= 0.3 is 6.03 Å². The summed E-state index contributed by atoms with van der Waals surface area (Å²) in [6.45, 7) is 10.0. The van der Waals surface area contributed by atoms with Crippen molar-refractivity contribution in [3.8, 4) is 0 Å². The van der Waals surface area contributed by atoms with Crippen molar-refractivity contribution in [2.45, 2.75) is 39.8 Å². The van der Waals surface area contributed by atoms with Crippen LogP contribution in [0.2, 0.25) is 0 Å². The van der Waals surface area contributed by atoms with Crippen LogP contribution in [-0.4, -0.2) is 36.1 Å². The molecule has 0 saturated carbocycles. The Balaban J connectivity index is 3.77. The largest absolute Gasteiger partial charge is 0.352 e. The van der Waals surface area contributed by atoms with E-state index < -0.39 is 6.03 Å². The summed E-state index contributed by atoms with van der Waals surface area (Å²) < 4.78 is 0. The molecule has 4 nitrogen and oxygen atoms in total. The van der Waals surface area contributed by atoms with Crippen molar-refractivity contribution in [2.24, 2.45) is 5.73 Å². The van der Waals surface area contributed by atoms with Crippen molar-refractivity contribution < 1.29 is 4.79 Å². The molecule has 0 spiro atoms. The summed E-state index contributed by atoms with van der Waals surface area (Å²) in [6, 6.07) is 0.539. The van der Waals surface area contributed by atoms with Crippen molar-refractivity contribution in [3.05, 3.63) is 0 Å². The summed E-state index contributed by atoms with van der Waals surface area (Å²) >= 11 is 0. The van der Waals surface area contributed by atoms with Gasteiger partial charge in [-0.2, -0.15) is 0 Å². The van der Waals surface area contributed by atoms with Gasteiger partial charge in [0.1, 0.15) is 0 Å². The molecule has 0 aromatic carbocycles. The maximum atomic E-state index is 10.4. The van der Waals surface area contributed by atoms with Crippen LogP contribution in [0.5, 0.6) is 0 Å². The number of nitrogens with one attached hydrogen (secondary N) is 1. The SMILES string of the molecule is CC(C)N(CCNC(N)=O)C(C)C. The average Bonchev–Trinajstić information content (AvgIpc) is 1.95. The van der Waals surface area contributed by atoms with E-state index in [-0.39, 0.29) is 0 Å². The van der Waals surface area contributed by atoms with Crippen LogP contribution in [0.25, 0.3) is 0 Å². The minimum Gasteiger partial charge on any atom is -0.352 e. The van der Waals surface area contributed by atoms with Crippen LogP contribution in [0.3, 0.4) is 0 Å². The molecule has 0 aliphatic heterocycles. The Morgan fingerprint density at radius 3 is 2.08 bits per heavy atom. The maximum Gasteiger partial charge on any atom is 0.312 e. The summed E-state index contributed by atoms with van der Waals surface area (Å²) in [5.74, 6) is 0. The van der Waals surface area contributed by atoms with E-state index in [0.29, 0.717) is 18.6 Å². The zero-order valence-corrected chi connectivity index (χ0v) is 9.00. The number of carbonyl (C=O) groups excluding carboxylic acids is 1. The number of nitrogens with zero attached hydrogens (tertiary/aromatic N) is 1. The van der Waals surface area contributed by atoms with E-state index in [1.54, 1.807) is 0 Å². The van der Waals surface area contributed by atoms with E-state index in [0.717, 1.165) is 6.54 Å². The van der Waals surface area contributed by atoms with Gasteiger partial charge in [0.05, 0.1) is 0 Å². The first-order valence-corrected chi connectivity index (χ1v) is 4.74. The Hall–Kier alpha value is -0.770. The number of rotatable bonds is 5. The standard InChI is InChI=1S/C9H21N3O/c1-7(2)12(8(3)4)6-5-11-9(10)13/h7-8H,5-6H2,1-4H3,(H3,10,11,13). The van der Waals surface area contributed by atoms with E-state index in [1.807, 2.05) is 0 Å². The van der Waals surface area contributed by atoms with Crippen molar-refractivity contribution >= 4 is 6.03 Å². The molecule has 0 aliphatic carbocycles. The number of amides is 2. The van der Waals surface area contributed by atoms with Gasteiger partial charge in [-0.1, -0.05) is 0 Å². The van der Waals surface area contributed by atoms with Gasteiger partial charge in [0.15, 0.2) is 0 Å². The van der Waals surface area contributed by atoms with Crippen LogP contribution in [0.15, 0.2) is 0 Å². The van der Waals surface area contributed by atoms with Crippen LogP contribution >= 0.6 is 0 Å². The highest BCUT2D eigenvalue weighted by atomic mass is 16.2. The summed E-state index contributed by atoms with van der Waals surface area (Å²) in [6.07, 6.45) is 0. The van der Waals surface area contributed by atoms with Crippen LogP contribution < -0.4 is 11.1 Å². The molecule has 0 atom stereocenters. The molecule has 0 aromatic heterocycles. The second-order valence-electron chi connectivity index (χ2n) is 3.72. The normalized spacial score (nSPS) is 11.3. The highest BCUT2D eigenvalue weighted by Gasteiger charge is 2.12. The van der Waals surface area contributed by atoms with Gasteiger partial charge in [0.25, 0.3) is 0 Å². The third-order valence-corrected chi connectivity index (χ3v) is 2.00. The van der Waals surface area contributed by atoms with Gasteiger partial charge < -0.3 is 11.1 Å². The first-order chi connectivity index (χ1) is 5.95. The van der Waals surface area contributed by atoms with Gasteiger partial charge in [-0.25, -0.2) is 4.79 Å². The predicted molar refractivity (Wildman–Crippen MR) is 54.6 cm³/mol. The third kappa shape index (κ3) is 5.47. The fourth-order valence-electron chi connectivity index (χ4n) is 1.42. The molecule has 0 fully saturated rings. The Bertz CT molecular complexity index is 149. The Morgan fingerprint density at radius 2 is 1.77 bits per heavy atom. The van der Waals surface area contributed by atoms with Gasteiger partial charge in [-0.05, 0) is 27.7 Å². The molecule has 0 heterocycles. The fraction of sp³-hybridized carbons (Fsp3) is 0.889. The molecule has 0 rings (SSSR count). The second kappa shape index (κ2) is 5.80. The maximum absolute atomic E-state index is 10.4. The molecular weight excluding hydrogens is 166 g/mol. The third-order valence-electron chi connectivity index (χ3n) is 2.00. The molecule has 2 amide bonds. The Morgan fingerprint density at radius 1 is 1.31 bits per heavy atom. The quantitative estimate of drug-likeness (QED) is 0.668. The minimum atomic E-state index is -0.451. The van der Waals surface area contributed by atoms with Gasteiger partial charge in [-0.3, -0.25) is 4.90 Å². The number of hydrogen-bond acceptors (Lipinski definition) is 2. The monoisotopic (exact) mass is 187 g/mol. The molecule has 78 valence electrons. The molecule has 0 bridgehead atoms. The zero-order chi connectivity index (χ0) is 10.4. The topological polar surface area (TPSA) is 58.4 Å².